The number of nitrogens with two attached hydrogens (primary N) is 1. The maximum Gasteiger partial charge on any atom is 0.142 e. The molecule has 0 aromatic heterocycles. The number of ether oxygens (including phenoxy) is 1. The van der Waals surface area contributed by atoms with E-state index in [0.29, 0.717) is 18.3 Å². The number of nitrogens with zero attached hydrogens (tertiary/aromatic N) is 2. The van der Waals surface area contributed by atoms with Crippen molar-refractivity contribution in [2.45, 2.75) is 26.3 Å². The molecule has 0 bridgehead atoms. The van der Waals surface area contributed by atoms with Crippen LogP contribution in [0.1, 0.15) is 20.3 Å². The monoisotopic (exact) mass is 277 g/mol. The summed E-state index contributed by atoms with van der Waals surface area (Å²) in [5.74, 6) is 0.797. The Hall–Kier alpha value is -1.26. The molecule has 0 radical (unpaired) electrons. The van der Waals surface area contributed by atoms with Gasteiger partial charge in [0.25, 0.3) is 0 Å². The first-order valence-corrected chi connectivity index (χ1v) is 7.64. The Labute approximate surface area is 122 Å². The van der Waals surface area contributed by atoms with Crippen LogP contribution >= 0.6 is 0 Å². The molecule has 1 unspecified atom stereocenters. The molecule has 0 aliphatic carbocycles. The molecule has 1 aromatic carbocycles. The smallest absolute Gasteiger partial charge is 0.142 e. The number of nitrogen functional groups attached to an aromatic ring is 1. The van der Waals surface area contributed by atoms with Crippen molar-refractivity contribution in [2.75, 3.05) is 45.1 Å². The minimum Gasteiger partial charge on any atom is -0.490 e. The van der Waals surface area contributed by atoms with Crippen LogP contribution in [0.2, 0.25) is 0 Å². The summed E-state index contributed by atoms with van der Waals surface area (Å²) in [6, 6.07) is 8.39. The van der Waals surface area contributed by atoms with Crippen LogP contribution in [0.5, 0.6) is 5.75 Å². The molecule has 1 aromatic rings. The highest BCUT2D eigenvalue weighted by molar-refractivity contribution is 5.51. The van der Waals surface area contributed by atoms with Crippen molar-refractivity contribution in [3.05, 3.63) is 24.3 Å². The van der Waals surface area contributed by atoms with Gasteiger partial charge in [0.15, 0.2) is 0 Å². The molecule has 1 aliphatic rings. The number of rotatable bonds is 6. The second-order valence-corrected chi connectivity index (χ2v) is 5.52. The van der Waals surface area contributed by atoms with Gasteiger partial charge >= 0.3 is 0 Å². The molecule has 0 amide bonds. The Morgan fingerprint density at radius 2 is 1.90 bits per heavy atom. The van der Waals surface area contributed by atoms with Gasteiger partial charge < -0.3 is 10.5 Å². The zero-order valence-electron chi connectivity index (χ0n) is 12.7. The summed E-state index contributed by atoms with van der Waals surface area (Å²) in [6.07, 6.45) is 1.23. The largest absolute Gasteiger partial charge is 0.490 e. The molecule has 4 nitrogen and oxygen atoms in total. The Bertz CT molecular complexity index is 402. The predicted octanol–water partition coefficient (Wildman–Crippen LogP) is 2.06. The van der Waals surface area contributed by atoms with Crippen molar-refractivity contribution in [1.29, 1.82) is 0 Å². The van der Waals surface area contributed by atoms with Gasteiger partial charge in [-0.2, -0.15) is 0 Å². The molecule has 20 heavy (non-hydrogen) atoms. The van der Waals surface area contributed by atoms with E-state index in [1.165, 1.54) is 19.5 Å². The van der Waals surface area contributed by atoms with Crippen LogP contribution < -0.4 is 10.5 Å². The fraction of sp³-hybridized carbons (Fsp3) is 0.625. The molecule has 2 rings (SSSR count). The van der Waals surface area contributed by atoms with Gasteiger partial charge in [0.1, 0.15) is 12.4 Å². The Balaban J connectivity index is 1.68. The number of hydrogen-bond donors (Lipinski definition) is 1. The van der Waals surface area contributed by atoms with Crippen LogP contribution in [0.15, 0.2) is 24.3 Å². The van der Waals surface area contributed by atoms with E-state index in [4.69, 9.17) is 10.5 Å². The first-order valence-electron chi connectivity index (χ1n) is 7.64. The molecule has 1 fully saturated rings. The first kappa shape index (κ1) is 15.1. The number of benzene rings is 1. The average Bonchev–Trinajstić information content (AvgIpc) is 2.49. The fourth-order valence-corrected chi connectivity index (χ4v) is 2.58. The highest BCUT2D eigenvalue weighted by Crippen LogP contribution is 2.19. The van der Waals surface area contributed by atoms with E-state index < -0.39 is 0 Å². The molecule has 112 valence electrons. The molecular weight excluding hydrogens is 250 g/mol. The van der Waals surface area contributed by atoms with E-state index in [9.17, 15) is 0 Å². The van der Waals surface area contributed by atoms with Crippen molar-refractivity contribution < 1.29 is 4.74 Å². The van der Waals surface area contributed by atoms with E-state index in [1.54, 1.807) is 0 Å². The molecule has 0 saturated carbocycles. The molecule has 1 atom stereocenters. The lowest BCUT2D eigenvalue weighted by Gasteiger charge is -2.37. The summed E-state index contributed by atoms with van der Waals surface area (Å²) in [6.45, 7) is 10.9. The molecule has 0 spiro atoms. The average molecular weight is 277 g/mol. The van der Waals surface area contributed by atoms with Gasteiger partial charge in [-0.05, 0) is 25.5 Å². The molecule has 1 aliphatic heterocycles. The van der Waals surface area contributed by atoms with Gasteiger partial charge in [0.05, 0.1) is 5.69 Å². The van der Waals surface area contributed by atoms with Crippen LogP contribution in [0.3, 0.4) is 0 Å². The quantitative estimate of drug-likeness (QED) is 0.808. The molecule has 1 heterocycles. The third kappa shape index (κ3) is 4.12. The van der Waals surface area contributed by atoms with Crippen LogP contribution in [0.4, 0.5) is 5.69 Å². The van der Waals surface area contributed by atoms with Crippen molar-refractivity contribution in [1.82, 2.24) is 9.80 Å². The minimum atomic E-state index is 0.706. The Morgan fingerprint density at radius 1 is 1.20 bits per heavy atom. The van der Waals surface area contributed by atoms with Gasteiger partial charge in [0, 0.05) is 38.8 Å². The maximum atomic E-state index is 5.86. The SMILES string of the molecule is CCC(C)N1CCN(CCOc2ccccc2N)CC1. The van der Waals surface area contributed by atoms with Crippen molar-refractivity contribution in [3.63, 3.8) is 0 Å². The number of piperazine rings is 1. The first-order chi connectivity index (χ1) is 9.70. The standard InChI is InChI=1S/C16H27N3O/c1-3-14(2)19-10-8-18(9-11-19)12-13-20-16-7-5-4-6-15(16)17/h4-7,14H,3,8-13,17H2,1-2H3. The number of anilines is 1. The zero-order chi connectivity index (χ0) is 14.4. The Kier molecular flexibility index (Phi) is 5.68. The summed E-state index contributed by atoms with van der Waals surface area (Å²) in [7, 11) is 0. The Morgan fingerprint density at radius 3 is 2.55 bits per heavy atom. The van der Waals surface area contributed by atoms with E-state index in [0.717, 1.165) is 25.4 Å². The third-order valence-electron chi connectivity index (χ3n) is 4.21. The van der Waals surface area contributed by atoms with Gasteiger partial charge in [-0.25, -0.2) is 0 Å². The second-order valence-electron chi connectivity index (χ2n) is 5.52. The molecular formula is C16H27N3O. The van der Waals surface area contributed by atoms with E-state index >= 15 is 0 Å². The van der Waals surface area contributed by atoms with Crippen molar-refractivity contribution in [2.24, 2.45) is 0 Å². The van der Waals surface area contributed by atoms with Crippen LogP contribution in [0, 0.1) is 0 Å². The summed E-state index contributed by atoms with van der Waals surface area (Å²) in [4.78, 5) is 5.05. The topological polar surface area (TPSA) is 41.7 Å². The molecule has 1 saturated heterocycles. The third-order valence-corrected chi connectivity index (χ3v) is 4.21. The maximum absolute atomic E-state index is 5.86. The highest BCUT2D eigenvalue weighted by atomic mass is 16.5. The summed E-state index contributed by atoms with van der Waals surface area (Å²) < 4.78 is 5.75. The number of hydrogen-bond acceptors (Lipinski definition) is 4. The van der Waals surface area contributed by atoms with Gasteiger partial charge in [-0.3, -0.25) is 9.80 Å². The predicted molar refractivity (Wildman–Crippen MR) is 84.1 cm³/mol. The van der Waals surface area contributed by atoms with Gasteiger partial charge in [-0.1, -0.05) is 19.1 Å². The van der Waals surface area contributed by atoms with Crippen LogP contribution in [-0.2, 0) is 0 Å². The van der Waals surface area contributed by atoms with Crippen molar-refractivity contribution >= 4 is 5.69 Å². The van der Waals surface area contributed by atoms with E-state index in [2.05, 4.69) is 23.6 Å². The van der Waals surface area contributed by atoms with Crippen molar-refractivity contribution in [3.8, 4) is 5.75 Å². The lowest BCUT2D eigenvalue weighted by molar-refractivity contribution is 0.0906. The summed E-state index contributed by atoms with van der Waals surface area (Å²) in [5.41, 5.74) is 6.58. The summed E-state index contributed by atoms with van der Waals surface area (Å²) >= 11 is 0. The normalized spacial score (nSPS) is 18.9. The van der Waals surface area contributed by atoms with E-state index in [1.807, 2.05) is 24.3 Å². The van der Waals surface area contributed by atoms with E-state index in [-0.39, 0.29) is 0 Å². The molecule has 2 N–H and O–H groups in total. The fourth-order valence-electron chi connectivity index (χ4n) is 2.58. The van der Waals surface area contributed by atoms with Gasteiger partial charge in [0.2, 0.25) is 0 Å². The number of para-hydroxylation sites is 2. The van der Waals surface area contributed by atoms with Crippen LogP contribution in [-0.4, -0.2) is 55.2 Å². The second kappa shape index (κ2) is 7.50. The minimum absolute atomic E-state index is 0.706. The lowest BCUT2D eigenvalue weighted by Crippen LogP contribution is -2.50. The lowest BCUT2D eigenvalue weighted by atomic mass is 10.2. The van der Waals surface area contributed by atoms with Gasteiger partial charge in [-0.15, -0.1) is 0 Å². The highest BCUT2D eigenvalue weighted by Gasteiger charge is 2.19. The summed E-state index contributed by atoms with van der Waals surface area (Å²) in [5, 5.41) is 0. The molecule has 4 heteroatoms. The van der Waals surface area contributed by atoms with Crippen LogP contribution in [0.25, 0.3) is 0 Å². The zero-order valence-corrected chi connectivity index (χ0v) is 12.7.